The van der Waals surface area contributed by atoms with Gasteiger partial charge in [0, 0.05) is 26.5 Å². The SMILES string of the molecule is c1ccc(-c2ccc(-c3cc(-c4cccc5c4Sc4ccccc4C54c5ccccc5-c5ccccc54)nc(-c4ccccc4)n3)cc2)cc1. The van der Waals surface area contributed by atoms with Crippen LogP contribution in [0.15, 0.2) is 192 Å². The van der Waals surface area contributed by atoms with Crippen LogP contribution >= 0.6 is 11.8 Å². The summed E-state index contributed by atoms with van der Waals surface area (Å²) in [5.74, 6) is 0.718. The summed E-state index contributed by atoms with van der Waals surface area (Å²) in [4.78, 5) is 13.0. The maximum atomic E-state index is 5.31. The second-order valence-corrected chi connectivity index (χ2v) is 13.9. The van der Waals surface area contributed by atoms with Crippen LogP contribution in [0.3, 0.4) is 0 Å². The van der Waals surface area contributed by atoms with Gasteiger partial charge in [-0.2, -0.15) is 0 Å². The molecule has 0 fully saturated rings. The van der Waals surface area contributed by atoms with Crippen LogP contribution in [0.5, 0.6) is 0 Å². The summed E-state index contributed by atoms with van der Waals surface area (Å²) in [5.41, 5.74) is 14.8. The van der Waals surface area contributed by atoms with E-state index in [0.29, 0.717) is 0 Å². The monoisotopic (exact) mass is 654 g/mol. The van der Waals surface area contributed by atoms with Gasteiger partial charge in [-0.05, 0) is 56.6 Å². The van der Waals surface area contributed by atoms with Crippen molar-refractivity contribution in [2.45, 2.75) is 15.2 Å². The Morgan fingerprint density at radius 2 is 0.860 bits per heavy atom. The number of rotatable bonds is 4. The minimum Gasteiger partial charge on any atom is -0.228 e. The van der Waals surface area contributed by atoms with Gasteiger partial charge < -0.3 is 0 Å². The minimum atomic E-state index is -0.439. The molecule has 10 rings (SSSR count). The molecule has 0 saturated carbocycles. The van der Waals surface area contributed by atoms with Gasteiger partial charge in [-0.25, -0.2) is 9.97 Å². The minimum absolute atomic E-state index is 0.439. The van der Waals surface area contributed by atoms with Crippen LogP contribution in [0.25, 0.3) is 56.2 Å². The van der Waals surface area contributed by atoms with E-state index < -0.39 is 5.41 Å². The van der Waals surface area contributed by atoms with Crippen LogP contribution in [0.4, 0.5) is 0 Å². The average Bonchev–Trinajstić information content (AvgIpc) is 3.49. The third kappa shape index (κ3) is 4.37. The summed E-state index contributed by atoms with van der Waals surface area (Å²) >= 11 is 1.86. The molecular weight excluding hydrogens is 625 g/mol. The first-order valence-electron chi connectivity index (χ1n) is 17.0. The van der Waals surface area contributed by atoms with E-state index in [-0.39, 0.29) is 0 Å². The summed E-state index contributed by atoms with van der Waals surface area (Å²) in [6, 6.07) is 65.4. The number of fused-ring (bicyclic) bond motifs is 9. The number of hydrogen-bond acceptors (Lipinski definition) is 3. The normalized spacial score (nSPS) is 13.3. The maximum absolute atomic E-state index is 5.31. The van der Waals surface area contributed by atoms with Crippen molar-refractivity contribution in [2.75, 3.05) is 0 Å². The van der Waals surface area contributed by atoms with Crippen LogP contribution in [0.2, 0.25) is 0 Å². The Bertz CT molecular complexity index is 2510. The Balaban J connectivity index is 1.21. The van der Waals surface area contributed by atoms with Crippen LogP contribution in [-0.2, 0) is 5.41 Å². The summed E-state index contributed by atoms with van der Waals surface area (Å²) in [7, 11) is 0. The van der Waals surface area contributed by atoms with Gasteiger partial charge >= 0.3 is 0 Å². The molecule has 234 valence electrons. The van der Waals surface area contributed by atoms with Crippen molar-refractivity contribution in [1.82, 2.24) is 9.97 Å². The van der Waals surface area contributed by atoms with E-state index in [9.17, 15) is 0 Å². The Morgan fingerprint density at radius 1 is 0.360 bits per heavy atom. The molecule has 2 nitrogen and oxygen atoms in total. The molecule has 2 heterocycles. The van der Waals surface area contributed by atoms with Crippen molar-refractivity contribution in [2.24, 2.45) is 0 Å². The molecule has 1 aromatic heterocycles. The zero-order valence-corrected chi connectivity index (χ0v) is 27.9. The first-order valence-corrected chi connectivity index (χ1v) is 17.8. The Hall–Kier alpha value is -6.03. The molecular formula is C47H30N2S. The van der Waals surface area contributed by atoms with Crippen molar-refractivity contribution in [3.8, 4) is 56.2 Å². The van der Waals surface area contributed by atoms with Gasteiger partial charge in [-0.1, -0.05) is 182 Å². The second-order valence-electron chi connectivity index (χ2n) is 12.9. The fourth-order valence-electron chi connectivity index (χ4n) is 7.99. The van der Waals surface area contributed by atoms with Crippen molar-refractivity contribution in [3.63, 3.8) is 0 Å². The molecule has 1 aliphatic heterocycles. The van der Waals surface area contributed by atoms with E-state index >= 15 is 0 Å². The van der Waals surface area contributed by atoms with Crippen molar-refractivity contribution < 1.29 is 0 Å². The molecule has 50 heavy (non-hydrogen) atoms. The third-order valence-corrected chi connectivity index (χ3v) is 11.4. The molecule has 3 heteroatoms. The maximum Gasteiger partial charge on any atom is 0.160 e. The molecule has 8 aromatic rings. The van der Waals surface area contributed by atoms with Gasteiger partial charge in [0.15, 0.2) is 5.82 Å². The summed E-state index contributed by atoms with van der Waals surface area (Å²) in [6.07, 6.45) is 0. The molecule has 1 aliphatic carbocycles. The molecule has 0 amide bonds. The van der Waals surface area contributed by atoms with Crippen LogP contribution in [-0.4, -0.2) is 9.97 Å². The largest absolute Gasteiger partial charge is 0.228 e. The fourth-order valence-corrected chi connectivity index (χ4v) is 9.30. The van der Waals surface area contributed by atoms with E-state index in [1.807, 2.05) is 17.8 Å². The lowest BCUT2D eigenvalue weighted by molar-refractivity contribution is 0.723. The standard InChI is InChI=1S/C47H30N2S/c1-3-14-31(15-4-1)32-26-28-33(29-27-32)42-30-43(49-46(48-42)34-16-5-2-6-17-34)37-20-13-24-41-45(37)50-44-25-12-11-23-40(44)47(41)38-21-9-7-18-35(38)36-19-8-10-22-39(36)47/h1-30H. The Labute approximate surface area is 296 Å². The molecule has 2 aliphatic rings. The Kier molecular flexibility index (Phi) is 6.68. The predicted molar refractivity (Wildman–Crippen MR) is 205 cm³/mol. The third-order valence-electron chi connectivity index (χ3n) is 10.2. The topological polar surface area (TPSA) is 25.8 Å². The lowest BCUT2D eigenvalue weighted by Crippen LogP contribution is -2.32. The number of benzene rings is 7. The number of hydrogen-bond donors (Lipinski definition) is 0. The van der Waals surface area contributed by atoms with Crippen LogP contribution < -0.4 is 0 Å². The molecule has 0 atom stereocenters. The lowest BCUT2D eigenvalue weighted by Gasteiger charge is -2.40. The molecule has 0 unspecified atom stereocenters. The molecule has 0 saturated heterocycles. The summed E-state index contributed by atoms with van der Waals surface area (Å²) < 4.78 is 0. The highest BCUT2D eigenvalue weighted by molar-refractivity contribution is 7.99. The highest BCUT2D eigenvalue weighted by Gasteiger charge is 2.50. The van der Waals surface area contributed by atoms with Gasteiger partial charge in [-0.3, -0.25) is 0 Å². The van der Waals surface area contributed by atoms with Gasteiger partial charge in [0.05, 0.1) is 16.8 Å². The summed E-state index contributed by atoms with van der Waals surface area (Å²) in [5, 5.41) is 0. The van der Waals surface area contributed by atoms with Gasteiger partial charge in [0.2, 0.25) is 0 Å². The first-order chi connectivity index (χ1) is 24.8. The molecule has 1 spiro atoms. The second kappa shape index (κ2) is 11.5. The quantitative estimate of drug-likeness (QED) is 0.189. The van der Waals surface area contributed by atoms with E-state index in [0.717, 1.165) is 33.9 Å². The Morgan fingerprint density at radius 3 is 1.56 bits per heavy atom. The van der Waals surface area contributed by atoms with Crippen LogP contribution in [0.1, 0.15) is 22.3 Å². The molecule has 0 bridgehead atoms. The highest BCUT2D eigenvalue weighted by Crippen LogP contribution is 2.63. The van der Waals surface area contributed by atoms with Crippen LogP contribution in [0, 0.1) is 0 Å². The average molecular weight is 655 g/mol. The lowest BCUT2D eigenvalue weighted by atomic mass is 9.67. The van der Waals surface area contributed by atoms with E-state index in [1.54, 1.807) is 0 Å². The highest BCUT2D eigenvalue weighted by atomic mass is 32.2. The van der Waals surface area contributed by atoms with E-state index in [1.165, 1.54) is 54.3 Å². The van der Waals surface area contributed by atoms with Gasteiger partial charge in [-0.15, -0.1) is 0 Å². The molecule has 0 radical (unpaired) electrons. The smallest absolute Gasteiger partial charge is 0.160 e. The number of nitrogens with zero attached hydrogens (tertiary/aromatic N) is 2. The van der Waals surface area contributed by atoms with E-state index in [4.69, 9.17) is 9.97 Å². The van der Waals surface area contributed by atoms with Crippen molar-refractivity contribution >= 4 is 11.8 Å². The van der Waals surface area contributed by atoms with Gasteiger partial charge in [0.25, 0.3) is 0 Å². The number of aromatic nitrogens is 2. The zero-order chi connectivity index (χ0) is 33.1. The molecule has 7 aromatic carbocycles. The van der Waals surface area contributed by atoms with Crippen molar-refractivity contribution in [3.05, 3.63) is 204 Å². The summed E-state index contributed by atoms with van der Waals surface area (Å²) in [6.45, 7) is 0. The van der Waals surface area contributed by atoms with Gasteiger partial charge in [0.1, 0.15) is 0 Å². The predicted octanol–water partition coefficient (Wildman–Crippen LogP) is 12.0. The first kappa shape index (κ1) is 28.9. The van der Waals surface area contributed by atoms with E-state index in [2.05, 4.69) is 176 Å². The molecule has 0 N–H and O–H groups in total. The zero-order valence-electron chi connectivity index (χ0n) is 27.1. The fraction of sp³-hybridized carbons (Fsp3) is 0.0213. The van der Waals surface area contributed by atoms with Crippen molar-refractivity contribution in [1.29, 1.82) is 0 Å².